The molecule has 0 radical (unpaired) electrons. The first-order valence-corrected chi connectivity index (χ1v) is 6.79. The van der Waals surface area contributed by atoms with Crippen LogP contribution in [0.5, 0.6) is 5.75 Å². The maximum atomic E-state index is 13.9. The van der Waals surface area contributed by atoms with Crippen LogP contribution in [0.15, 0.2) is 18.2 Å². The van der Waals surface area contributed by atoms with Gasteiger partial charge in [-0.05, 0) is 24.5 Å². The molecule has 1 aliphatic rings. The van der Waals surface area contributed by atoms with E-state index in [1.54, 1.807) is 6.92 Å². The number of carboxylic acids is 1. The highest BCUT2D eigenvalue weighted by atomic mass is 19.1. The second kappa shape index (κ2) is 6.11. The molecule has 114 valence electrons. The van der Waals surface area contributed by atoms with Gasteiger partial charge in [0, 0.05) is 19.2 Å². The normalized spacial score (nSPS) is 22.0. The highest BCUT2D eigenvalue weighted by Gasteiger charge is 2.33. The molecule has 1 amide bonds. The molecular weight excluding hydrogens is 277 g/mol. The summed E-state index contributed by atoms with van der Waals surface area (Å²) in [4.78, 5) is 24.9. The first-order chi connectivity index (χ1) is 9.93. The number of methoxy groups -OCH3 is 1. The van der Waals surface area contributed by atoms with Crippen LogP contribution in [0.2, 0.25) is 0 Å². The number of piperidine rings is 1. The lowest BCUT2D eigenvalue weighted by Crippen LogP contribution is -2.45. The van der Waals surface area contributed by atoms with Crippen molar-refractivity contribution >= 4 is 11.9 Å². The van der Waals surface area contributed by atoms with Gasteiger partial charge in [0.25, 0.3) is 5.91 Å². The number of carbonyl (C=O) groups excluding carboxylic acids is 1. The number of ether oxygens (including phenoxy) is 1. The quantitative estimate of drug-likeness (QED) is 0.926. The van der Waals surface area contributed by atoms with E-state index in [2.05, 4.69) is 0 Å². The van der Waals surface area contributed by atoms with Gasteiger partial charge in [-0.25, -0.2) is 4.39 Å². The third-order valence-corrected chi connectivity index (χ3v) is 3.92. The highest BCUT2D eigenvalue weighted by molar-refractivity contribution is 5.94. The minimum Gasteiger partial charge on any atom is -0.497 e. The molecule has 1 fully saturated rings. The maximum Gasteiger partial charge on any atom is 0.306 e. The minimum absolute atomic E-state index is 0.0169. The van der Waals surface area contributed by atoms with Gasteiger partial charge >= 0.3 is 5.97 Å². The van der Waals surface area contributed by atoms with Crippen LogP contribution in [0.3, 0.4) is 0 Å². The summed E-state index contributed by atoms with van der Waals surface area (Å²) in [6, 6.07) is 4.09. The molecule has 1 aromatic rings. The summed E-state index contributed by atoms with van der Waals surface area (Å²) < 4.78 is 18.8. The Morgan fingerprint density at radius 2 is 2.14 bits per heavy atom. The molecule has 1 saturated heterocycles. The van der Waals surface area contributed by atoms with Crippen LogP contribution < -0.4 is 4.74 Å². The van der Waals surface area contributed by atoms with Gasteiger partial charge in [-0.2, -0.15) is 0 Å². The van der Waals surface area contributed by atoms with Gasteiger partial charge in [0.2, 0.25) is 0 Å². The smallest absolute Gasteiger partial charge is 0.306 e. The molecule has 1 heterocycles. The van der Waals surface area contributed by atoms with Crippen molar-refractivity contribution in [3.63, 3.8) is 0 Å². The number of amides is 1. The highest BCUT2D eigenvalue weighted by Crippen LogP contribution is 2.26. The first kappa shape index (κ1) is 15.3. The number of hydrogen-bond acceptors (Lipinski definition) is 3. The monoisotopic (exact) mass is 295 g/mol. The summed E-state index contributed by atoms with van der Waals surface area (Å²) in [6.07, 6.45) is 0.389. The molecule has 0 aliphatic carbocycles. The molecular formula is C15H18FNO4. The molecule has 1 aromatic carbocycles. The van der Waals surface area contributed by atoms with Crippen LogP contribution in [0, 0.1) is 17.7 Å². The number of carbonyl (C=O) groups is 2. The topological polar surface area (TPSA) is 66.8 Å². The van der Waals surface area contributed by atoms with Crippen molar-refractivity contribution in [2.75, 3.05) is 20.2 Å². The number of benzene rings is 1. The van der Waals surface area contributed by atoms with Gasteiger partial charge in [-0.1, -0.05) is 6.92 Å². The van der Waals surface area contributed by atoms with Crippen molar-refractivity contribution in [2.24, 2.45) is 11.8 Å². The number of nitrogens with zero attached hydrogens (tertiary/aromatic N) is 1. The van der Waals surface area contributed by atoms with Gasteiger partial charge in [0.1, 0.15) is 11.6 Å². The van der Waals surface area contributed by atoms with Crippen molar-refractivity contribution in [3.8, 4) is 5.75 Å². The van der Waals surface area contributed by atoms with Crippen molar-refractivity contribution in [1.29, 1.82) is 0 Å². The average Bonchev–Trinajstić information content (AvgIpc) is 2.45. The molecule has 5 nitrogen and oxygen atoms in total. The second-order valence-electron chi connectivity index (χ2n) is 5.31. The van der Waals surface area contributed by atoms with Gasteiger partial charge in [0.05, 0.1) is 18.6 Å². The first-order valence-electron chi connectivity index (χ1n) is 6.79. The Morgan fingerprint density at radius 1 is 1.43 bits per heavy atom. The Hall–Kier alpha value is -2.11. The van der Waals surface area contributed by atoms with Crippen molar-refractivity contribution in [1.82, 2.24) is 4.90 Å². The van der Waals surface area contributed by atoms with E-state index in [0.29, 0.717) is 25.3 Å². The van der Waals surface area contributed by atoms with E-state index in [1.165, 1.54) is 30.2 Å². The van der Waals surface area contributed by atoms with Gasteiger partial charge < -0.3 is 14.7 Å². The third-order valence-electron chi connectivity index (χ3n) is 3.92. The zero-order valence-corrected chi connectivity index (χ0v) is 12.0. The Labute approximate surface area is 122 Å². The number of aliphatic carboxylic acids is 1. The van der Waals surface area contributed by atoms with Crippen LogP contribution in [0.1, 0.15) is 23.7 Å². The van der Waals surface area contributed by atoms with Crippen LogP contribution in [0.4, 0.5) is 4.39 Å². The summed E-state index contributed by atoms with van der Waals surface area (Å²) in [5.74, 6) is -2.14. The summed E-state index contributed by atoms with van der Waals surface area (Å²) in [5, 5.41) is 9.08. The minimum atomic E-state index is -0.842. The fourth-order valence-corrected chi connectivity index (χ4v) is 2.66. The van der Waals surface area contributed by atoms with E-state index in [9.17, 15) is 14.0 Å². The predicted octanol–water partition coefficient (Wildman–Crippen LogP) is 2.02. The lowest BCUT2D eigenvalue weighted by molar-refractivity contribution is -0.145. The van der Waals surface area contributed by atoms with Gasteiger partial charge in [-0.3, -0.25) is 9.59 Å². The lowest BCUT2D eigenvalue weighted by atomic mass is 9.87. The molecule has 2 atom stereocenters. The predicted molar refractivity (Wildman–Crippen MR) is 73.8 cm³/mol. The molecule has 0 bridgehead atoms. The molecule has 0 spiro atoms. The van der Waals surface area contributed by atoms with Gasteiger partial charge in [0.15, 0.2) is 0 Å². The molecule has 1 aliphatic heterocycles. The number of likely N-dealkylation sites (tertiary alicyclic amines) is 1. The molecule has 1 N–H and O–H groups in total. The summed E-state index contributed by atoms with van der Waals surface area (Å²) >= 11 is 0. The molecule has 2 rings (SSSR count). The van der Waals surface area contributed by atoms with Crippen LogP contribution in [-0.2, 0) is 4.79 Å². The van der Waals surface area contributed by atoms with E-state index >= 15 is 0 Å². The van der Waals surface area contributed by atoms with E-state index < -0.39 is 23.6 Å². The SMILES string of the molecule is COc1ccc(C(=O)N2CC[C@H](C(=O)O)[C@H](C)C2)c(F)c1. The Bertz CT molecular complexity index is 561. The lowest BCUT2D eigenvalue weighted by Gasteiger charge is -2.35. The van der Waals surface area contributed by atoms with Crippen molar-refractivity contribution in [2.45, 2.75) is 13.3 Å². The summed E-state index contributed by atoms with van der Waals surface area (Å²) in [7, 11) is 1.43. The van der Waals surface area contributed by atoms with E-state index in [4.69, 9.17) is 9.84 Å². The Kier molecular flexibility index (Phi) is 4.45. The van der Waals surface area contributed by atoms with E-state index in [0.717, 1.165) is 0 Å². The largest absolute Gasteiger partial charge is 0.497 e. The number of rotatable bonds is 3. The standard InChI is InChI=1S/C15H18FNO4/c1-9-8-17(6-5-11(9)15(19)20)14(18)12-4-3-10(21-2)7-13(12)16/h3-4,7,9,11H,5-6,8H2,1-2H3,(H,19,20)/t9-,11+/m1/s1. The number of halogens is 1. The molecule has 6 heteroatoms. The molecule has 0 saturated carbocycles. The Balaban J connectivity index is 2.13. The van der Waals surface area contributed by atoms with Crippen LogP contribution in [0.25, 0.3) is 0 Å². The molecule has 0 aromatic heterocycles. The second-order valence-corrected chi connectivity index (χ2v) is 5.31. The zero-order chi connectivity index (χ0) is 15.6. The third kappa shape index (κ3) is 3.15. The fourth-order valence-electron chi connectivity index (χ4n) is 2.66. The van der Waals surface area contributed by atoms with Crippen LogP contribution in [-0.4, -0.2) is 42.1 Å². The van der Waals surface area contributed by atoms with E-state index in [1.807, 2.05) is 0 Å². The van der Waals surface area contributed by atoms with E-state index in [-0.39, 0.29) is 11.5 Å². The molecule has 0 unspecified atom stereocenters. The maximum absolute atomic E-state index is 13.9. The van der Waals surface area contributed by atoms with Crippen LogP contribution >= 0.6 is 0 Å². The van der Waals surface area contributed by atoms with Gasteiger partial charge in [-0.15, -0.1) is 0 Å². The zero-order valence-electron chi connectivity index (χ0n) is 12.0. The molecule has 21 heavy (non-hydrogen) atoms. The Morgan fingerprint density at radius 3 is 2.67 bits per heavy atom. The summed E-state index contributed by atoms with van der Waals surface area (Å²) in [6.45, 7) is 2.44. The fraction of sp³-hybridized carbons (Fsp3) is 0.467. The number of hydrogen-bond donors (Lipinski definition) is 1. The summed E-state index contributed by atoms with van der Waals surface area (Å²) in [5.41, 5.74) is -0.0169. The average molecular weight is 295 g/mol. The number of carboxylic acid groups (broad SMARTS) is 1. The van der Waals surface area contributed by atoms with Crippen molar-refractivity contribution < 1.29 is 23.8 Å². The van der Waals surface area contributed by atoms with Crippen molar-refractivity contribution in [3.05, 3.63) is 29.6 Å².